The van der Waals surface area contributed by atoms with Gasteiger partial charge in [-0.25, -0.2) is 4.79 Å². The van der Waals surface area contributed by atoms with E-state index in [1.165, 1.54) is 4.90 Å². The SMILES string of the molecule is CCCc1cc(C(O)(C(F)(F)F)C(F)(F)F)ccc1-c1cccc(OCCCCCN2C(=O)NC(CC)(c3ccc4c(c3)OCCO4)C2O)c1. The van der Waals surface area contributed by atoms with Gasteiger partial charge in [0.1, 0.15) is 24.5 Å². The minimum absolute atomic E-state index is 0.180. The van der Waals surface area contributed by atoms with Gasteiger partial charge < -0.3 is 29.7 Å². The number of carbonyl (C=O) groups excluding carboxylic acids is 1. The lowest BCUT2D eigenvalue weighted by molar-refractivity contribution is -0.376. The zero-order valence-electron chi connectivity index (χ0n) is 27.7. The first kappa shape index (κ1) is 37.1. The van der Waals surface area contributed by atoms with Crippen molar-refractivity contribution in [1.29, 1.82) is 0 Å². The molecule has 5 rings (SSSR count). The van der Waals surface area contributed by atoms with Crippen molar-refractivity contribution in [3.8, 4) is 28.4 Å². The second-order valence-corrected chi connectivity index (χ2v) is 12.4. The van der Waals surface area contributed by atoms with Crippen LogP contribution in [0, 0.1) is 0 Å². The van der Waals surface area contributed by atoms with Crippen molar-refractivity contribution in [3.63, 3.8) is 0 Å². The lowest BCUT2D eigenvalue weighted by Gasteiger charge is -2.33. The Labute approximate surface area is 285 Å². The predicted octanol–water partition coefficient (Wildman–Crippen LogP) is 7.59. The summed E-state index contributed by atoms with van der Waals surface area (Å²) in [6.07, 6.45) is -10.1. The Bertz CT molecular complexity index is 1650. The van der Waals surface area contributed by atoms with E-state index < -0.39 is 35.3 Å². The standard InChI is InChI=1S/C36H40F6N2O6/c1-3-9-23-20-26(34(47,35(37,38)39)36(40,41)42)12-14-28(23)24-10-8-11-27(21-24)48-17-7-5-6-16-44-31(45)33(4-2,43-32(44)46)25-13-15-29-30(22-25)50-19-18-49-29/h8,10-15,20-22,31,45,47H,3-7,9,16-19H2,1-2H3,(H,43,46). The first-order valence-corrected chi connectivity index (χ1v) is 16.6. The second-order valence-electron chi connectivity index (χ2n) is 12.4. The maximum atomic E-state index is 13.5. The van der Waals surface area contributed by atoms with E-state index in [-0.39, 0.29) is 18.0 Å². The summed E-state index contributed by atoms with van der Waals surface area (Å²) in [5.41, 5.74) is -5.42. The molecule has 8 nitrogen and oxygen atoms in total. The van der Waals surface area contributed by atoms with Crippen molar-refractivity contribution in [2.75, 3.05) is 26.4 Å². The largest absolute Gasteiger partial charge is 0.494 e. The minimum atomic E-state index is -5.97. The van der Waals surface area contributed by atoms with Crippen LogP contribution in [0.5, 0.6) is 17.2 Å². The maximum Gasteiger partial charge on any atom is 0.430 e. The number of aliphatic hydroxyl groups is 2. The fourth-order valence-corrected chi connectivity index (χ4v) is 6.51. The number of unbranched alkanes of at least 4 members (excludes halogenated alkanes) is 2. The van der Waals surface area contributed by atoms with E-state index in [0.717, 1.165) is 12.1 Å². The van der Waals surface area contributed by atoms with Gasteiger partial charge in [0.25, 0.3) is 5.60 Å². The number of aliphatic hydroxyl groups excluding tert-OH is 1. The van der Waals surface area contributed by atoms with E-state index in [4.69, 9.17) is 14.2 Å². The Kier molecular flexibility index (Phi) is 10.8. The van der Waals surface area contributed by atoms with Crippen LogP contribution in [0.3, 0.4) is 0 Å². The van der Waals surface area contributed by atoms with Crippen molar-refractivity contribution in [1.82, 2.24) is 10.2 Å². The number of hydrogen-bond donors (Lipinski definition) is 3. The Balaban J connectivity index is 1.18. The molecular weight excluding hydrogens is 670 g/mol. The molecule has 2 heterocycles. The molecule has 3 aromatic rings. The van der Waals surface area contributed by atoms with Gasteiger partial charge >= 0.3 is 18.4 Å². The van der Waals surface area contributed by atoms with E-state index >= 15 is 0 Å². The Morgan fingerprint density at radius 1 is 0.920 bits per heavy atom. The number of nitrogens with zero attached hydrogens (tertiary/aromatic N) is 1. The lowest BCUT2D eigenvalue weighted by atomic mass is 9.86. The van der Waals surface area contributed by atoms with Gasteiger partial charge in [-0.1, -0.05) is 56.7 Å². The third-order valence-corrected chi connectivity index (χ3v) is 9.26. The number of fused-ring (bicyclic) bond motifs is 1. The van der Waals surface area contributed by atoms with Crippen molar-refractivity contribution in [2.45, 2.75) is 82.1 Å². The number of alkyl halides is 6. The van der Waals surface area contributed by atoms with Crippen LogP contribution in [0.15, 0.2) is 60.7 Å². The molecule has 0 spiro atoms. The average Bonchev–Trinajstić information content (AvgIpc) is 3.33. The zero-order chi connectivity index (χ0) is 36.3. The van der Waals surface area contributed by atoms with E-state index in [2.05, 4.69) is 5.32 Å². The summed E-state index contributed by atoms with van der Waals surface area (Å²) in [5.74, 6) is 1.63. The molecule has 0 bridgehead atoms. The van der Waals surface area contributed by atoms with E-state index in [9.17, 15) is 41.4 Å². The van der Waals surface area contributed by atoms with E-state index in [1.54, 1.807) is 43.3 Å². The number of benzene rings is 3. The summed E-state index contributed by atoms with van der Waals surface area (Å²) in [7, 11) is 0. The van der Waals surface area contributed by atoms with Gasteiger partial charge in [-0.3, -0.25) is 4.90 Å². The van der Waals surface area contributed by atoms with Crippen LogP contribution >= 0.6 is 0 Å². The Morgan fingerprint density at radius 2 is 1.64 bits per heavy atom. The van der Waals surface area contributed by atoms with Crippen LogP contribution in [-0.4, -0.2) is 66.1 Å². The number of urea groups is 1. The van der Waals surface area contributed by atoms with Crippen molar-refractivity contribution in [2.24, 2.45) is 0 Å². The van der Waals surface area contributed by atoms with Crippen molar-refractivity contribution in [3.05, 3.63) is 77.4 Å². The molecule has 1 saturated heterocycles. The number of amides is 2. The number of aryl methyl sites for hydroxylation is 1. The molecule has 2 aliphatic rings. The molecule has 0 aliphatic carbocycles. The molecule has 0 aromatic heterocycles. The van der Waals surface area contributed by atoms with Crippen molar-refractivity contribution >= 4 is 6.03 Å². The summed E-state index contributed by atoms with van der Waals surface area (Å²) in [4.78, 5) is 14.4. The smallest absolute Gasteiger partial charge is 0.430 e. The summed E-state index contributed by atoms with van der Waals surface area (Å²) >= 11 is 0. The van der Waals surface area contributed by atoms with Crippen molar-refractivity contribution < 1.29 is 55.6 Å². The summed E-state index contributed by atoms with van der Waals surface area (Å²) in [5, 5.41) is 24.2. The Hall–Kier alpha value is -4.17. The lowest BCUT2D eigenvalue weighted by Crippen LogP contribution is -2.53. The number of carbonyl (C=O) groups is 1. The molecule has 3 N–H and O–H groups in total. The fraction of sp³-hybridized carbons (Fsp3) is 0.472. The number of nitrogens with one attached hydrogen (secondary N) is 1. The maximum absolute atomic E-state index is 13.5. The Morgan fingerprint density at radius 3 is 2.32 bits per heavy atom. The minimum Gasteiger partial charge on any atom is -0.494 e. The molecule has 3 aromatic carbocycles. The summed E-state index contributed by atoms with van der Waals surface area (Å²) in [6, 6.07) is 14.3. The quantitative estimate of drug-likeness (QED) is 0.125. The van der Waals surface area contributed by atoms with Gasteiger partial charge in [0.05, 0.1) is 6.61 Å². The number of rotatable bonds is 13. The highest BCUT2D eigenvalue weighted by Crippen LogP contribution is 2.50. The fourth-order valence-electron chi connectivity index (χ4n) is 6.51. The van der Waals surface area contributed by atoms with Crippen LogP contribution in [0.1, 0.15) is 62.6 Å². The van der Waals surface area contributed by atoms with Gasteiger partial charge in [0.15, 0.2) is 17.7 Å². The number of hydrogen-bond acceptors (Lipinski definition) is 6. The molecule has 2 aliphatic heterocycles. The predicted molar refractivity (Wildman–Crippen MR) is 172 cm³/mol. The molecule has 14 heteroatoms. The highest BCUT2D eigenvalue weighted by molar-refractivity contribution is 5.79. The number of halogens is 6. The van der Waals surface area contributed by atoms with Gasteiger partial charge in [0, 0.05) is 12.1 Å². The molecule has 50 heavy (non-hydrogen) atoms. The summed E-state index contributed by atoms with van der Waals surface area (Å²) in [6.45, 7) is 5.10. The van der Waals surface area contributed by atoms with Crippen LogP contribution in [-0.2, 0) is 17.6 Å². The highest BCUT2D eigenvalue weighted by atomic mass is 19.4. The molecule has 272 valence electrons. The van der Waals surface area contributed by atoms with Gasteiger partial charge in [-0.2, -0.15) is 26.3 Å². The molecule has 2 atom stereocenters. The average molecular weight is 711 g/mol. The first-order valence-electron chi connectivity index (χ1n) is 16.6. The van der Waals surface area contributed by atoms with Crippen LogP contribution in [0.4, 0.5) is 31.1 Å². The molecule has 0 radical (unpaired) electrons. The number of ether oxygens (including phenoxy) is 3. The topological polar surface area (TPSA) is 100 Å². The monoisotopic (exact) mass is 710 g/mol. The third-order valence-electron chi connectivity index (χ3n) is 9.26. The molecule has 2 unspecified atom stereocenters. The van der Waals surface area contributed by atoms with E-state index in [1.807, 2.05) is 13.0 Å². The third kappa shape index (κ3) is 7.05. The first-order chi connectivity index (χ1) is 23.7. The molecule has 0 saturated carbocycles. The van der Waals surface area contributed by atoms with Gasteiger partial charge in [-0.15, -0.1) is 0 Å². The molecule has 1 fully saturated rings. The van der Waals surface area contributed by atoms with E-state index in [0.29, 0.717) is 98.5 Å². The zero-order valence-corrected chi connectivity index (χ0v) is 27.7. The molecular formula is C36H40F6N2O6. The van der Waals surface area contributed by atoms with Crippen LogP contribution in [0.25, 0.3) is 11.1 Å². The van der Waals surface area contributed by atoms with Gasteiger partial charge in [-0.05, 0) is 78.6 Å². The second kappa shape index (κ2) is 14.6. The molecule has 2 amide bonds. The van der Waals surface area contributed by atoms with Gasteiger partial charge in [0.2, 0.25) is 0 Å². The summed E-state index contributed by atoms with van der Waals surface area (Å²) < 4.78 is 98.3. The highest BCUT2D eigenvalue weighted by Gasteiger charge is 2.71. The van der Waals surface area contributed by atoms with Crippen LogP contribution < -0.4 is 19.5 Å². The normalized spacial score (nSPS) is 19.4. The van der Waals surface area contributed by atoms with Crippen LogP contribution in [0.2, 0.25) is 0 Å².